The lowest BCUT2D eigenvalue weighted by Crippen LogP contribution is -2.42. The summed E-state index contributed by atoms with van der Waals surface area (Å²) in [6, 6.07) is 3.72. The molecule has 2 rings (SSSR count). The van der Waals surface area contributed by atoms with Crippen LogP contribution in [0.15, 0.2) is 18.2 Å². The summed E-state index contributed by atoms with van der Waals surface area (Å²) in [5.74, 6) is -1.02. The molecule has 0 aliphatic carbocycles. The molecule has 1 heterocycles. The smallest absolute Gasteiger partial charge is 0.130 e. The predicted octanol–water partition coefficient (Wildman–Crippen LogP) is 3.51. The second-order valence-electron chi connectivity index (χ2n) is 5.89. The van der Waals surface area contributed by atoms with Gasteiger partial charge in [-0.3, -0.25) is 4.90 Å². The van der Waals surface area contributed by atoms with Crippen molar-refractivity contribution in [2.24, 2.45) is 5.41 Å². The maximum absolute atomic E-state index is 13.8. The van der Waals surface area contributed by atoms with E-state index in [-0.39, 0.29) is 18.1 Å². The highest BCUT2D eigenvalue weighted by molar-refractivity contribution is 5.22. The molecule has 4 heteroatoms. The molecule has 1 aromatic rings. The Morgan fingerprint density at radius 3 is 2.45 bits per heavy atom. The summed E-state index contributed by atoms with van der Waals surface area (Å²) < 4.78 is 26.8. The Morgan fingerprint density at radius 1 is 1.30 bits per heavy atom. The van der Waals surface area contributed by atoms with E-state index in [4.69, 9.17) is 0 Å². The Morgan fingerprint density at radius 2 is 1.95 bits per heavy atom. The van der Waals surface area contributed by atoms with Gasteiger partial charge in [0, 0.05) is 24.3 Å². The Hall–Kier alpha value is -1.00. The highest BCUT2D eigenvalue weighted by Crippen LogP contribution is 2.37. The zero-order chi connectivity index (χ0) is 14.8. The molecule has 112 valence electrons. The molecule has 1 unspecified atom stereocenters. The zero-order valence-electron chi connectivity index (χ0n) is 12.2. The lowest BCUT2D eigenvalue weighted by atomic mass is 9.76. The fraction of sp³-hybridized carbons (Fsp3) is 0.625. The molecule has 0 radical (unpaired) electrons. The second-order valence-corrected chi connectivity index (χ2v) is 5.89. The number of nitrogens with zero attached hydrogens (tertiary/aromatic N) is 1. The summed E-state index contributed by atoms with van der Waals surface area (Å²) in [5, 5.41) is 9.54. The highest BCUT2D eigenvalue weighted by Gasteiger charge is 2.34. The minimum atomic E-state index is -0.539. The van der Waals surface area contributed by atoms with Crippen molar-refractivity contribution in [3.05, 3.63) is 35.4 Å². The SMILES string of the molecule is CCC1(CO)CCN(C(C)c2ccc(F)cc2F)CC1. The van der Waals surface area contributed by atoms with Gasteiger partial charge in [-0.05, 0) is 50.8 Å². The van der Waals surface area contributed by atoms with Gasteiger partial charge >= 0.3 is 0 Å². The van der Waals surface area contributed by atoms with Crippen LogP contribution in [0.2, 0.25) is 0 Å². The minimum absolute atomic E-state index is 0.0254. The Labute approximate surface area is 119 Å². The average Bonchev–Trinajstić information content (AvgIpc) is 2.47. The number of aliphatic hydroxyl groups excluding tert-OH is 1. The van der Waals surface area contributed by atoms with Crippen LogP contribution >= 0.6 is 0 Å². The Bertz CT molecular complexity index is 450. The number of hydrogen-bond donors (Lipinski definition) is 1. The normalized spacial score (nSPS) is 20.9. The summed E-state index contributed by atoms with van der Waals surface area (Å²) in [6.07, 6.45) is 2.82. The largest absolute Gasteiger partial charge is 0.396 e. The summed E-state index contributed by atoms with van der Waals surface area (Å²) in [7, 11) is 0. The first kappa shape index (κ1) is 15.4. The number of aliphatic hydroxyl groups is 1. The van der Waals surface area contributed by atoms with Crippen molar-refractivity contribution < 1.29 is 13.9 Å². The molecule has 0 amide bonds. The third kappa shape index (κ3) is 3.01. The summed E-state index contributed by atoms with van der Waals surface area (Å²) in [4.78, 5) is 2.21. The van der Waals surface area contributed by atoms with E-state index in [0.29, 0.717) is 5.56 Å². The minimum Gasteiger partial charge on any atom is -0.396 e. The molecular formula is C16H23F2NO. The van der Waals surface area contributed by atoms with Crippen LogP contribution in [0.3, 0.4) is 0 Å². The summed E-state index contributed by atoms with van der Waals surface area (Å²) in [5.41, 5.74) is 0.566. The van der Waals surface area contributed by atoms with Crippen LogP contribution in [0.5, 0.6) is 0 Å². The first-order valence-electron chi connectivity index (χ1n) is 7.31. The Kier molecular flexibility index (Phi) is 4.76. The van der Waals surface area contributed by atoms with E-state index in [1.807, 2.05) is 6.92 Å². The predicted molar refractivity (Wildman–Crippen MR) is 75.4 cm³/mol. The molecule has 0 bridgehead atoms. The molecular weight excluding hydrogens is 260 g/mol. The molecule has 0 aromatic heterocycles. The highest BCUT2D eigenvalue weighted by atomic mass is 19.1. The van der Waals surface area contributed by atoms with Crippen molar-refractivity contribution in [2.45, 2.75) is 39.2 Å². The number of likely N-dealkylation sites (tertiary alicyclic amines) is 1. The molecule has 1 fully saturated rings. The number of halogens is 2. The molecule has 0 saturated carbocycles. The molecule has 20 heavy (non-hydrogen) atoms. The topological polar surface area (TPSA) is 23.5 Å². The summed E-state index contributed by atoms with van der Waals surface area (Å²) >= 11 is 0. The monoisotopic (exact) mass is 283 g/mol. The maximum Gasteiger partial charge on any atom is 0.130 e. The van der Waals surface area contributed by atoms with Gasteiger partial charge < -0.3 is 5.11 Å². The van der Waals surface area contributed by atoms with Crippen LogP contribution in [0.1, 0.15) is 44.7 Å². The van der Waals surface area contributed by atoms with E-state index in [1.165, 1.54) is 12.1 Å². The van der Waals surface area contributed by atoms with Gasteiger partial charge in [-0.15, -0.1) is 0 Å². The number of hydrogen-bond acceptors (Lipinski definition) is 2. The van der Waals surface area contributed by atoms with Gasteiger partial charge in [0.25, 0.3) is 0 Å². The molecule has 1 aliphatic heterocycles. The molecule has 1 saturated heterocycles. The second kappa shape index (κ2) is 6.19. The zero-order valence-corrected chi connectivity index (χ0v) is 12.2. The van der Waals surface area contributed by atoms with Gasteiger partial charge in [-0.2, -0.15) is 0 Å². The fourth-order valence-corrected chi connectivity index (χ4v) is 3.05. The molecule has 1 atom stereocenters. The van der Waals surface area contributed by atoms with E-state index in [1.54, 1.807) is 0 Å². The molecule has 1 aliphatic rings. The van der Waals surface area contributed by atoms with Crippen LogP contribution in [-0.4, -0.2) is 29.7 Å². The van der Waals surface area contributed by atoms with Gasteiger partial charge in [0.05, 0.1) is 0 Å². The van der Waals surface area contributed by atoms with Crippen molar-refractivity contribution in [1.29, 1.82) is 0 Å². The van der Waals surface area contributed by atoms with E-state index in [2.05, 4.69) is 11.8 Å². The number of piperidine rings is 1. The van der Waals surface area contributed by atoms with Gasteiger partial charge in [0.15, 0.2) is 0 Å². The molecule has 0 spiro atoms. The quantitative estimate of drug-likeness (QED) is 0.914. The number of benzene rings is 1. The van der Waals surface area contributed by atoms with Gasteiger partial charge in [0.2, 0.25) is 0 Å². The molecule has 2 nitrogen and oxygen atoms in total. The van der Waals surface area contributed by atoms with Crippen LogP contribution in [0.4, 0.5) is 8.78 Å². The van der Waals surface area contributed by atoms with Crippen molar-refractivity contribution in [3.63, 3.8) is 0 Å². The van der Waals surface area contributed by atoms with Crippen LogP contribution < -0.4 is 0 Å². The number of rotatable bonds is 4. The molecule has 1 N–H and O–H groups in total. The average molecular weight is 283 g/mol. The van der Waals surface area contributed by atoms with Crippen molar-refractivity contribution >= 4 is 0 Å². The maximum atomic E-state index is 13.8. The molecule has 1 aromatic carbocycles. The van der Waals surface area contributed by atoms with Crippen LogP contribution in [-0.2, 0) is 0 Å². The van der Waals surface area contributed by atoms with Crippen molar-refractivity contribution in [1.82, 2.24) is 4.90 Å². The van der Waals surface area contributed by atoms with E-state index in [9.17, 15) is 13.9 Å². The lowest BCUT2D eigenvalue weighted by Gasteiger charge is -2.42. The van der Waals surface area contributed by atoms with Crippen molar-refractivity contribution in [2.75, 3.05) is 19.7 Å². The van der Waals surface area contributed by atoms with E-state index < -0.39 is 11.6 Å². The van der Waals surface area contributed by atoms with Crippen LogP contribution in [0, 0.1) is 17.0 Å². The third-order valence-electron chi connectivity index (χ3n) is 4.90. The summed E-state index contributed by atoms with van der Waals surface area (Å²) in [6.45, 7) is 5.96. The lowest BCUT2D eigenvalue weighted by molar-refractivity contribution is 0.0265. The first-order chi connectivity index (χ1) is 9.51. The van der Waals surface area contributed by atoms with Crippen molar-refractivity contribution in [3.8, 4) is 0 Å². The standard InChI is InChI=1S/C16H23F2NO/c1-3-16(11-20)6-8-19(9-7-16)12(2)14-5-4-13(17)10-15(14)18/h4-5,10,12,20H,3,6-9,11H2,1-2H3. The fourth-order valence-electron chi connectivity index (χ4n) is 3.05. The van der Waals surface area contributed by atoms with Gasteiger partial charge in [-0.25, -0.2) is 8.78 Å². The Balaban J connectivity index is 2.06. The third-order valence-corrected chi connectivity index (χ3v) is 4.90. The van der Waals surface area contributed by atoms with Crippen LogP contribution in [0.25, 0.3) is 0 Å². The van der Waals surface area contributed by atoms with E-state index >= 15 is 0 Å². The van der Waals surface area contributed by atoms with Gasteiger partial charge in [-0.1, -0.05) is 13.0 Å². The van der Waals surface area contributed by atoms with E-state index in [0.717, 1.165) is 38.4 Å². The first-order valence-corrected chi connectivity index (χ1v) is 7.31. The van der Waals surface area contributed by atoms with Gasteiger partial charge in [0.1, 0.15) is 11.6 Å².